The Morgan fingerprint density at radius 3 is 1.88 bits per heavy atom. The lowest BCUT2D eigenvalue weighted by atomic mass is 9.80. The quantitative estimate of drug-likeness (QED) is 0.00860. The average Bonchev–Trinajstić information content (AvgIpc) is 1.81. The maximum absolute atomic E-state index is 13.8. The Morgan fingerprint density at radius 2 is 1.32 bits per heavy atom. The van der Waals surface area contributed by atoms with Crippen molar-refractivity contribution in [3.8, 4) is 17.6 Å². The van der Waals surface area contributed by atoms with Crippen LogP contribution in [0.15, 0.2) is 113 Å². The molecule has 3 amide bonds. The molecule has 3 aromatic carbocycles. The lowest BCUT2D eigenvalue weighted by Crippen LogP contribution is -2.66. The minimum Gasteiger partial charge on any atom is -0.497 e. The van der Waals surface area contributed by atoms with Crippen molar-refractivity contribution in [1.29, 1.82) is 5.26 Å². The van der Waals surface area contributed by atoms with E-state index in [0.717, 1.165) is 30.5 Å². The SMILES string of the molecule is COc1ccc(C(OC[C@H]2O[C@@H](n3ccc(=O)[nH]c3=O)[C@H](C/C=C/CCCCNC(=O)NCCCCO[C@@H]3O[C@H](COC(C)=O)[C@H](OC(C)=O)[C@H](OC(C)=O)[C@H]3NC(C)=O)[C@@H]2OP(OCCC#N)N(C(C)C)C(C)C)(c2ccccc2)c2ccc(OC)cc2)cc1. The number of carbonyl (C=O) groups is 5. The van der Waals surface area contributed by atoms with Crippen LogP contribution in [0.4, 0.5) is 4.79 Å². The molecule has 0 bridgehead atoms. The van der Waals surface area contributed by atoms with Gasteiger partial charge >= 0.3 is 29.6 Å². The highest BCUT2D eigenvalue weighted by Crippen LogP contribution is 2.53. The Bertz CT molecular complexity index is 3090. The van der Waals surface area contributed by atoms with Crippen molar-refractivity contribution < 1.29 is 75.7 Å². The number of hydrogen-bond donors (Lipinski definition) is 4. The lowest BCUT2D eigenvalue weighted by Gasteiger charge is -2.44. The topological polar surface area (TPSA) is 305 Å². The fraction of sp³-hybridized carbons (Fsp3) is 0.538. The Balaban J connectivity index is 1.15. The molecule has 2 fully saturated rings. The van der Waals surface area contributed by atoms with E-state index in [0.29, 0.717) is 63.1 Å². The zero-order valence-corrected chi connectivity index (χ0v) is 54.4. The summed E-state index contributed by atoms with van der Waals surface area (Å²) in [5, 5.41) is 18.0. The van der Waals surface area contributed by atoms with Crippen LogP contribution >= 0.6 is 8.53 Å². The van der Waals surface area contributed by atoms with Crippen LogP contribution in [0.2, 0.25) is 0 Å². The standard InChI is InChI=1S/C65H88N7O18P/c1-42(2)72(43(3)4)91(85-39-21-34-66)90-58-53(24-17-12-11-13-18-35-67-63(78)68-36-19-20-38-82-62-57(69-44(5)73)60(87-47(8)76)59(86-46(7)75)54(89-62)40-83-45(6)74)61(71-37-33-56(77)70-64(71)79)88-55(58)41-84-65(48-22-15-14-16-23-48,49-25-29-51(80-9)30-26-49)50-27-31-52(81-10)32-28-50/h12,14-17,22-23,25-33,37,42-43,53-55,57-62H,11,13,18-21,24,35-36,38-41H2,1-10H3,(H,69,73)(H2,67,68,78)(H,70,77,79)/b17-12+/t53-,54-,55-,57-,58+,59+,60-,61-,62-,91?/m1/s1. The molecule has 1 unspecified atom stereocenters. The summed E-state index contributed by atoms with van der Waals surface area (Å²) in [7, 11) is 1.34. The number of nitrogens with one attached hydrogen (secondary N) is 4. The summed E-state index contributed by atoms with van der Waals surface area (Å²) in [6.45, 7) is 13.4. The van der Waals surface area contributed by atoms with Gasteiger partial charge in [0.15, 0.2) is 18.5 Å². The first-order valence-corrected chi connectivity index (χ1v) is 31.7. The first kappa shape index (κ1) is 72.5. The fourth-order valence-electron chi connectivity index (χ4n) is 11.0. The smallest absolute Gasteiger partial charge is 0.330 e. The summed E-state index contributed by atoms with van der Waals surface area (Å²) >= 11 is 0. The predicted octanol–water partition coefficient (Wildman–Crippen LogP) is 7.61. The van der Waals surface area contributed by atoms with Crippen molar-refractivity contribution in [2.45, 2.75) is 167 Å². The first-order chi connectivity index (χ1) is 43.7. The Morgan fingerprint density at radius 1 is 0.725 bits per heavy atom. The highest BCUT2D eigenvalue weighted by atomic mass is 31.2. The number of unbranched alkanes of at least 4 members (excludes halogenated alkanes) is 3. The molecule has 0 aliphatic carbocycles. The zero-order valence-electron chi connectivity index (χ0n) is 53.5. The van der Waals surface area contributed by atoms with Gasteiger partial charge in [0.1, 0.15) is 54.3 Å². The number of aromatic amines is 1. The number of allylic oxidation sites excluding steroid dienone is 2. The van der Waals surface area contributed by atoms with Gasteiger partial charge in [0.05, 0.1) is 39.9 Å². The van der Waals surface area contributed by atoms with Crippen LogP contribution in [-0.2, 0) is 67.0 Å². The van der Waals surface area contributed by atoms with Gasteiger partial charge in [-0.3, -0.25) is 33.5 Å². The average molecular weight is 1290 g/mol. The molecular weight excluding hydrogens is 1200 g/mol. The number of hydrogen-bond acceptors (Lipinski definition) is 20. The van der Waals surface area contributed by atoms with Gasteiger partial charge in [0.2, 0.25) is 5.91 Å². The molecule has 4 aromatic rings. The van der Waals surface area contributed by atoms with Gasteiger partial charge in [-0.15, -0.1) is 0 Å². The van der Waals surface area contributed by atoms with Crippen LogP contribution in [0, 0.1) is 17.2 Å². The molecule has 0 spiro atoms. The van der Waals surface area contributed by atoms with Crippen LogP contribution in [0.25, 0.3) is 0 Å². The summed E-state index contributed by atoms with van der Waals surface area (Å²) in [5.74, 6) is -1.83. The minimum absolute atomic E-state index is 0.0478. The molecule has 0 radical (unpaired) electrons. The Kier molecular flexibility index (Phi) is 29.1. The van der Waals surface area contributed by atoms with E-state index in [1.165, 1.54) is 30.7 Å². The van der Waals surface area contributed by atoms with Gasteiger partial charge in [-0.05, 0) is 107 Å². The molecule has 3 heterocycles. The number of H-pyrrole nitrogens is 1. The van der Waals surface area contributed by atoms with Crippen LogP contribution < -0.4 is 36.7 Å². The molecule has 91 heavy (non-hydrogen) atoms. The van der Waals surface area contributed by atoms with Gasteiger partial charge < -0.3 is 67.6 Å². The highest BCUT2D eigenvalue weighted by Gasteiger charge is 2.52. The highest BCUT2D eigenvalue weighted by molar-refractivity contribution is 7.44. The van der Waals surface area contributed by atoms with E-state index in [4.69, 9.17) is 51.7 Å². The number of esters is 3. The molecule has 4 N–H and O–H groups in total. The largest absolute Gasteiger partial charge is 0.497 e. The van der Waals surface area contributed by atoms with Gasteiger partial charge in [-0.1, -0.05) is 66.7 Å². The summed E-state index contributed by atoms with van der Waals surface area (Å²) < 4.78 is 71.2. The maximum Gasteiger partial charge on any atom is 0.330 e. The lowest BCUT2D eigenvalue weighted by molar-refractivity contribution is -0.277. The van der Waals surface area contributed by atoms with E-state index in [1.54, 1.807) is 14.2 Å². The number of ether oxygens (including phenoxy) is 9. The van der Waals surface area contributed by atoms with Crippen LogP contribution in [0.5, 0.6) is 11.5 Å². The summed E-state index contributed by atoms with van der Waals surface area (Å²) in [6, 6.07) is 27.1. The van der Waals surface area contributed by atoms with E-state index in [9.17, 15) is 38.8 Å². The predicted molar refractivity (Wildman–Crippen MR) is 335 cm³/mol. The number of amides is 3. The van der Waals surface area contributed by atoms with Crippen molar-refractivity contribution in [2.24, 2.45) is 5.92 Å². The van der Waals surface area contributed by atoms with Crippen molar-refractivity contribution in [1.82, 2.24) is 30.2 Å². The Labute approximate surface area is 532 Å². The molecule has 1 aromatic heterocycles. The van der Waals surface area contributed by atoms with Gasteiger partial charge in [-0.2, -0.15) is 5.26 Å². The molecule has 2 aliphatic heterocycles. The van der Waals surface area contributed by atoms with E-state index in [-0.39, 0.29) is 51.0 Å². The van der Waals surface area contributed by atoms with Gasteiger partial charge in [0.25, 0.3) is 14.1 Å². The molecule has 0 saturated carbocycles. The summed E-state index contributed by atoms with van der Waals surface area (Å²) in [6.07, 6.45) is 1.45. The van der Waals surface area contributed by atoms with Gasteiger partial charge in [0, 0.05) is 77.7 Å². The zero-order chi connectivity index (χ0) is 66.0. The van der Waals surface area contributed by atoms with Crippen molar-refractivity contribution in [3.05, 3.63) is 141 Å². The number of nitriles is 1. The molecule has 6 rings (SSSR count). The molecule has 25 nitrogen and oxygen atoms in total. The second-order valence-electron chi connectivity index (χ2n) is 22.4. The van der Waals surface area contributed by atoms with Crippen LogP contribution in [0.3, 0.4) is 0 Å². The maximum atomic E-state index is 13.8. The molecular formula is C65H88N7O18P. The van der Waals surface area contributed by atoms with E-state index >= 15 is 0 Å². The molecule has 2 aliphatic rings. The number of nitrogens with zero attached hydrogens (tertiary/aromatic N) is 3. The molecule has 2 saturated heterocycles. The third-order valence-corrected chi connectivity index (χ3v) is 17.1. The molecule has 26 heteroatoms. The van der Waals surface area contributed by atoms with Crippen molar-refractivity contribution in [2.75, 3.05) is 53.7 Å². The molecule has 496 valence electrons. The third kappa shape index (κ3) is 21.0. The van der Waals surface area contributed by atoms with Crippen molar-refractivity contribution >= 4 is 38.4 Å². The number of carbonyl (C=O) groups excluding carboxylic acids is 5. The van der Waals surface area contributed by atoms with Gasteiger partial charge in [-0.25, -0.2) is 14.3 Å². The van der Waals surface area contributed by atoms with Crippen LogP contribution in [0.1, 0.15) is 123 Å². The number of methoxy groups -OCH3 is 2. The molecule has 10 atom stereocenters. The number of aromatic nitrogens is 2. The Hall–Kier alpha value is -7.53. The van der Waals surface area contributed by atoms with E-state index in [1.807, 2.05) is 119 Å². The normalized spacial score (nSPS) is 21.0. The van der Waals surface area contributed by atoms with Crippen molar-refractivity contribution in [3.63, 3.8) is 0 Å². The minimum atomic E-state index is -1.87. The number of benzene rings is 3. The van der Waals surface area contributed by atoms with E-state index in [2.05, 4.69) is 31.7 Å². The number of urea groups is 1. The monoisotopic (exact) mass is 1290 g/mol. The number of rotatable bonds is 35. The summed E-state index contributed by atoms with van der Waals surface area (Å²) in [4.78, 5) is 90.0. The van der Waals surface area contributed by atoms with E-state index < -0.39 is 104 Å². The fourth-order valence-corrected chi connectivity index (χ4v) is 12.8. The second-order valence-corrected chi connectivity index (χ2v) is 23.8. The third-order valence-electron chi connectivity index (χ3n) is 15.0. The first-order valence-electron chi connectivity index (χ1n) is 30.6. The second kappa shape index (κ2) is 36.5. The summed E-state index contributed by atoms with van der Waals surface area (Å²) in [5.41, 5.74) is -0.108. The van der Waals surface area contributed by atoms with Crippen LogP contribution in [-0.4, -0.2) is 153 Å².